The van der Waals surface area contributed by atoms with Gasteiger partial charge >= 0.3 is 0 Å². The smallest absolute Gasteiger partial charge is 0.263 e. The molecule has 3 aromatic heterocycles. The molecule has 0 unspecified atom stereocenters. The van der Waals surface area contributed by atoms with Crippen LogP contribution in [0.15, 0.2) is 46.2 Å². The first kappa shape index (κ1) is 23.9. The number of aromatic nitrogens is 5. The highest BCUT2D eigenvalue weighted by Crippen LogP contribution is 2.42. The van der Waals surface area contributed by atoms with Crippen molar-refractivity contribution < 1.29 is 13.6 Å². The summed E-state index contributed by atoms with van der Waals surface area (Å²) in [6.07, 6.45) is 6.14. The van der Waals surface area contributed by atoms with E-state index in [1.165, 1.54) is 40.1 Å². The number of carbonyl (C=O) groups excluding carboxylic acids is 1. The number of thiophene rings is 1. The monoisotopic (exact) mass is 584 g/mol. The number of likely N-dealkylation sites (tertiary alicyclic amines) is 1. The molecule has 1 aliphatic heterocycles. The van der Waals surface area contributed by atoms with Crippen LogP contribution in [0.25, 0.3) is 21.3 Å². The van der Waals surface area contributed by atoms with Gasteiger partial charge in [0.25, 0.3) is 5.56 Å². The lowest BCUT2D eigenvalue weighted by molar-refractivity contribution is -0.144. The molecular weight excluding hydrogens is 566 g/mol. The summed E-state index contributed by atoms with van der Waals surface area (Å²) in [7, 11) is 0. The minimum atomic E-state index is -1.41. The maximum Gasteiger partial charge on any atom is 0.263 e. The maximum absolute atomic E-state index is 14.0. The van der Waals surface area contributed by atoms with Gasteiger partial charge in [-0.1, -0.05) is 17.9 Å². The number of benzene rings is 1. The fourth-order valence-corrected chi connectivity index (χ4v) is 5.82. The summed E-state index contributed by atoms with van der Waals surface area (Å²) in [6, 6.07) is 4.49. The van der Waals surface area contributed by atoms with Gasteiger partial charge in [-0.3, -0.25) is 14.2 Å². The molecule has 12 heteroatoms. The Morgan fingerprint density at radius 3 is 2.62 bits per heavy atom. The van der Waals surface area contributed by atoms with E-state index in [1.807, 2.05) is 0 Å². The molecule has 1 aliphatic carbocycles. The fraction of sp³-hybridized carbons (Fsp3) is 0.320. The molecular formula is C25H19BrF2N6O2S. The second-order valence-corrected chi connectivity index (χ2v) is 11.4. The minimum absolute atomic E-state index is 0.00381. The molecule has 0 radical (unpaired) electrons. The third-order valence-corrected chi connectivity index (χ3v) is 8.14. The SMILES string of the molecule is CC1(F)CN(C(=O)Cn2cnc3sc(C#CC4(n5nccn5)CC4)c(-c4ccc(F)c(Br)c4)c3c2=O)C1. The van der Waals surface area contributed by atoms with Gasteiger partial charge in [-0.25, -0.2) is 13.8 Å². The van der Waals surface area contributed by atoms with E-state index in [4.69, 9.17) is 0 Å². The first-order valence-corrected chi connectivity index (χ1v) is 13.1. The molecule has 188 valence electrons. The second kappa shape index (κ2) is 8.56. The number of alkyl halides is 1. The van der Waals surface area contributed by atoms with Crippen molar-refractivity contribution in [3.63, 3.8) is 0 Å². The number of halogens is 3. The highest BCUT2D eigenvalue weighted by molar-refractivity contribution is 9.10. The van der Waals surface area contributed by atoms with E-state index in [1.54, 1.807) is 29.3 Å². The Hall–Kier alpha value is -3.43. The van der Waals surface area contributed by atoms with Crippen molar-refractivity contribution in [1.29, 1.82) is 0 Å². The lowest BCUT2D eigenvalue weighted by Crippen LogP contribution is -2.60. The standard InChI is InChI=1S/C25H19BrF2N6O2S/c1-24(28)12-33(13-24)19(35)11-32-14-29-22-21(23(32)36)20(15-2-3-17(27)16(26)10-15)18(37-22)4-5-25(6-7-25)34-30-8-9-31-34/h2-3,8-10,14H,6-7,11-13H2,1H3. The molecule has 2 aliphatic rings. The zero-order valence-electron chi connectivity index (χ0n) is 19.5. The third kappa shape index (κ3) is 4.26. The minimum Gasteiger partial charge on any atom is -0.335 e. The number of carbonyl (C=O) groups is 1. The predicted octanol–water partition coefficient (Wildman–Crippen LogP) is 3.73. The zero-order chi connectivity index (χ0) is 25.9. The molecule has 37 heavy (non-hydrogen) atoms. The summed E-state index contributed by atoms with van der Waals surface area (Å²) in [6.45, 7) is 1.17. The van der Waals surface area contributed by atoms with Crippen LogP contribution in [0.5, 0.6) is 0 Å². The van der Waals surface area contributed by atoms with Gasteiger partial charge in [0.05, 0.1) is 46.5 Å². The summed E-state index contributed by atoms with van der Waals surface area (Å²) in [5, 5.41) is 8.75. The van der Waals surface area contributed by atoms with Crippen LogP contribution in [0.3, 0.4) is 0 Å². The normalized spacial score (nSPS) is 17.2. The van der Waals surface area contributed by atoms with E-state index < -0.39 is 22.6 Å². The van der Waals surface area contributed by atoms with Crippen molar-refractivity contribution in [2.45, 2.75) is 37.5 Å². The van der Waals surface area contributed by atoms with Gasteiger partial charge in [0.15, 0.2) is 0 Å². The van der Waals surface area contributed by atoms with E-state index in [-0.39, 0.29) is 30.0 Å². The average Bonchev–Trinajstić information content (AvgIpc) is 3.25. The molecule has 8 nitrogen and oxygen atoms in total. The molecule has 0 atom stereocenters. The Labute approximate surface area is 222 Å². The molecule has 1 saturated heterocycles. The van der Waals surface area contributed by atoms with Crippen molar-refractivity contribution in [2.75, 3.05) is 13.1 Å². The molecule has 0 N–H and O–H groups in total. The highest BCUT2D eigenvalue weighted by Gasteiger charge is 2.45. The number of nitrogens with zero attached hydrogens (tertiary/aromatic N) is 6. The van der Waals surface area contributed by atoms with E-state index in [2.05, 4.69) is 43.0 Å². The van der Waals surface area contributed by atoms with Crippen LogP contribution in [0, 0.1) is 17.7 Å². The molecule has 1 saturated carbocycles. The summed E-state index contributed by atoms with van der Waals surface area (Å²) in [5.74, 6) is 5.69. The first-order chi connectivity index (χ1) is 17.7. The van der Waals surface area contributed by atoms with Gasteiger partial charge in [-0.05, 0) is 53.4 Å². The Morgan fingerprint density at radius 1 is 1.24 bits per heavy atom. The maximum atomic E-state index is 14.0. The van der Waals surface area contributed by atoms with Crippen molar-refractivity contribution in [1.82, 2.24) is 29.4 Å². The summed E-state index contributed by atoms with van der Waals surface area (Å²) in [5.41, 5.74) is -1.21. The van der Waals surface area contributed by atoms with Gasteiger partial charge in [-0.2, -0.15) is 15.0 Å². The molecule has 0 bridgehead atoms. The van der Waals surface area contributed by atoms with Gasteiger partial charge < -0.3 is 4.90 Å². The number of rotatable bonds is 4. The number of hydrogen-bond donors (Lipinski definition) is 0. The van der Waals surface area contributed by atoms with E-state index in [0.717, 1.165) is 12.8 Å². The summed E-state index contributed by atoms with van der Waals surface area (Å²) < 4.78 is 29.4. The van der Waals surface area contributed by atoms with Crippen LogP contribution in [-0.4, -0.2) is 54.1 Å². The Kier molecular flexibility index (Phi) is 5.54. The van der Waals surface area contributed by atoms with Crippen LogP contribution in [-0.2, 0) is 16.9 Å². The predicted molar refractivity (Wildman–Crippen MR) is 137 cm³/mol. The Bertz CT molecular complexity index is 1670. The van der Waals surface area contributed by atoms with Crippen LogP contribution >= 0.6 is 27.3 Å². The number of amides is 1. The molecule has 4 heterocycles. The third-order valence-electron chi connectivity index (χ3n) is 6.52. The van der Waals surface area contributed by atoms with Crippen molar-refractivity contribution in [3.8, 4) is 23.0 Å². The van der Waals surface area contributed by atoms with Crippen LogP contribution < -0.4 is 5.56 Å². The molecule has 1 aromatic carbocycles. The van der Waals surface area contributed by atoms with Gasteiger partial charge in [0, 0.05) is 5.56 Å². The Balaban J connectivity index is 1.46. The van der Waals surface area contributed by atoms with Gasteiger partial charge in [0.1, 0.15) is 28.4 Å². The first-order valence-electron chi connectivity index (χ1n) is 11.5. The molecule has 2 fully saturated rings. The zero-order valence-corrected chi connectivity index (χ0v) is 21.9. The van der Waals surface area contributed by atoms with E-state index >= 15 is 0 Å². The highest BCUT2D eigenvalue weighted by atomic mass is 79.9. The molecule has 6 rings (SSSR count). The van der Waals surface area contributed by atoms with Crippen LogP contribution in [0.2, 0.25) is 0 Å². The van der Waals surface area contributed by atoms with Gasteiger partial charge in [-0.15, -0.1) is 11.3 Å². The van der Waals surface area contributed by atoms with Crippen LogP contribution in [0.4, 0.5) is 8.78 Å². The largest absolute Gasteiger partial charge is 0.335 e. The number of fused-ring (bicyclic) bond motifs is 1. The summed E-state index contributed by atoms with van der Waals surface area (Å²) >= 11 is 4.48. The van der Waals surface area contributed by atoms with Gasteiger partial charge in [0.2, 0.25) is 5.91 Å². The Morgan fingerprint density at radius 2 is 1.97 bits per heavy atom. The topological polar surface area (TPSA) is 85.9 Å². The van der Waals surface area contributed by atoms with Crippen molar-refractivity contribution in [3.05, 3.63) is 62.4 Å². The van der Waals surface area contributed by atoms with Crippen molar-refractivity contribution >= 4 is 43.4 Å². The quantitative estimate of drug-likeness (QED) is 0.341. The second-order valence-electron chi connectivity index (χ2n) is 9.56. The van der Waals surface area contributed by atoms with Crippen LogP contribution in [0.1, 0.15) is 24.6 Å². The number of hydrogen-bond acceptors (Lipinski definition) is 6. The lowest BCUT2D eigenvalue weighted by Gasteiger charge is -2.42. The fourth-order valence-electron chi connectivity index (χ4n) is 4.43. The summed E-state index contributed by atoms with van der Waals surface area (Å²) in [4.78, 5) is 34.7. The molecule has 4 aromatic rings. The van der Waals surface area contributed by atoms with E-state index in [9.17, 15) is 18.4 Å². The molecule has 0 spiro atoms. The van der Waals surface area contributed by atoms with Crippen molar-refractivity contribution in [2.24, 2.45) is 0 Å². The molecule has 1 amide bonds. The lowest BCUT2D eigenvalue weighted by atomic mass is 9.99. The average molecular weight is 585 g/mol. The van der Waals surface area contributed by atoms with E-state index in [0.29, 0.717) is 26.2 Å².